The van der Waals surface area contributed by atoms with E-state index in [1.807, 2.05) is 68.4 Å². The Morgan fingerprint density at radius 1 is 1.07 bits per heavy atom. The van der Waals surface area contributed by atoms with E-state index in [9.17, 15) is 19.5 Å². The number of benzene rings is 2. The molecule has 2 bridgehead atoms. The van der Waals surface area contributed by atoms with Crippen molar-refractivity contribution in [3.05, 3.63) is 85.5 Å². The van der Waals surface area contributed by atoms with Gasteiger partial charge in [0.05, 0.1) is 36.6 Å². The summed E-state index contributed by atoms with van der Waals surface area (Å²) in [6.07, 6.45) is 3.97. The van der Waals surface area contributed by atoms with Crippen LogP contribution in [0.3, 0.4) is 0 Å². The number of aliphatic hydroxyl groups is 1. The third-order valence-corrected chi connectivity index (χ3v) is 11.8. The van der Waals surface area contributed by atoms with Crippen LogP contribution in [0.4, 0.5) is 11.4 Å². The van der Waals surface area contributed by atoms with Gasteiger partial charge in [-0.2, -0.15) is 0 Å². The predicted molar refractivity (Wildman–Crippen MR) is 213 cm³/mol. The second kappa shape index (κ2) is 18.1. The molecule has 3 saturated heterocycles. The number of nitrogens with zero attached hydrogens (tertiary/aromatic N) is 3. The normalized spacial score (nSPS) is 25.2. The van der Waals surface area contributed by atoms with Crippen LogP contribution in [0, 0.1) is 17.8 Å². The van der Waals surface area contributed by atoms with Gasteiger partial charge in [-0.3, -0.25) is 19.2 Å². The number of esters is 1. The van der Waals surface area contributed by atoms with Gasteiger partial charge in [-0.15, -0.1) is 13.2 Å². The summed E-state index contributed by atoms with van der Waals surface area (Å²) in [6.45, 7) is 17.1. The number of hydrogen-bond donors (Lipinski definition) is 2. The first-order valence-electron chi connectivity index (χ1n) is 19.1. The zero-order chi connectivity index (χ0) is 39.2. The molecule has 0 aromatic heterocycles. The number of alkyl halides is 1. The van der Waals surface area contributed by atoms with Crippen molar-refractivity contribution >= 4 is 51.0 Å². The maximum Gasteiger partial charge on any atom is 0.306 e. The Bertz CT molecular complexity index is 1650. The lowest BCUT2D eigenvalue weighted by atomic mass is 9.70. The van der Waals surface area contributed by atoms with Gasteiger partial charge in [-0.25, -0.2) is 0 Å². The molecule has 2 aromatic carbocycles. The van der Waals surface area contributed by atoms with Crippen molar-refractivity contribution in [3.63, 3.8) is 0 Å². The average Bonchev–Trinajstić information content (AvgIpc) is 3.77. The van der Waals surface area contributed by atoms with Gasteiger partial charge in [0.1, 0.15) is 18.2 Å². The number of aliphatic hydroxyl groups excluding tert-OH is 1. The Kier molecular flexibility index (Phi) is 13.8. The van der Waals surface area contributed by atoms with E-state index in [1.165, 1.54) is 4.90 Å². The zero-order valence-electron chi connectivity index (χ0n) is 31.9. The van der Waals surface area contributed by atoms with E-state index in [4.69, 9.17) is 9.47 Å². The van der Waals surface area contributed by atoms with Crippen LogP contribution < -0.4 is 15.1 Å². The first-order chi connectivity index (χ1) is 26.0. The van der Waals surface area contributed by atoms with Gasteiger partial charge in [0.2, 0.25) is 11.8 Å². The Balaban J connectivity index is 1.53. The van der Waals surface area contributed by atoms with Crippen LogP contribution in [0.25, 0.3) is 0 Å². The van der Waals surface area contributed by atoms with Gasteiger partial charge in [-0.1, -0.05) is 72.3 Å². The minimum atomic E-state index is -1.35. The summed E-state index contributed by atoms with van der Waals surface area (Å²) in [4.78, 5) is 62.1. The van der Waals surface area contributed by atoms with Crippen molar-refractivity contribution in [3.8, 4) is 0 Å². The molecule has 0 aliphatic carbocycles. The largest absolute Gasteiger partial charge is 0.463 e. The topological polar surface area (TPSA) is 129 Å². The molecule has 3 aliphatic rings. The molecular formula is C42H55BrN4O7. The summed E-state index contributed by atoms with van der Waals surface area (Å²) in [5.41, 5.74) is 1.04. The number of nitrogens with one attached hydrogen (secondary N) is 1. The number of anilines is 2. The lowest BCUT2D eigenvalue weighted by Crippen LogP contribution is -2.59. The smallest absolute Gasteiger partial charge is 0.306 e. The van der Waals surface area contributed by atoms with E-state index in [0.717, 1.165) is 24.3 Å². The number of hydrogen-bond acceptors (Lipinski definition) is 8. The van der Waals surface area contributed by atoms with Gasteiger partial charge < -0.3 is 34.6 Å². The highest BCUT2D eigenvalue weighted by Crippen LogP contribution is 2.61. The molecule has 2 N–H and O–H groups in total. The fourth-order valence-electron chi connectivity index (χ4n) is 8.53. The average molecular weight is 808 g/mol. The molecule has 3 fully saturated rings. The third-order valence-electron chi connectivity index (χ3n) is 11.0. The zero-order valence-corrected chi connectivity index (χ0v) is 33.5. The highest BCUT2D eigenvalue weighted by atomic mass is 79.9. The fraction of sp³-hybridized carbons (Fsp3) is 0.524. The van der Waals surface area contributed by atoms with Crippen LogP contribution in [0.1, 0.15) is 65.0 Å². The van der Waals surface area contributed by atoms with Gasteiger partial charge in [0.15, 0.2) is 0 Å². The first-order valence-corrected chi connectivity index (χ1v) is 20.0. The molecule has 0 saturated carbocycles. The summed E-state index contributed by atoms with van der Waals surface area (Å²) < 4.78 is 12.4. The van der Waals surface area contributed by atoms with Crippen LogP contribution in [0.2, 0.25) is 0 Å². The maximum atomic E-state index is 15.2. The molecule has 1 spiro atoms. The van der Waals surface area contributed by atoms with Crippen molar-refractivity contribution in [2.45, 2.75) is 88.0 Å². The van der Waals surface area contributed by atoms with Crippen molar-refractivity contribution < 1.29 is 33.8 Å². The second-order valence-corrected chi connectivity index (χ2v) is 16.0. The van der Waals surface area contributed by atoms with Crippen LogP contribution in [0.15, 0.2) is 79.9 Å². The highest BCUT2D eigenvalue weighted by Gasteiger charge is 2.77. The number of halogens is 1. The number of carbonyl (C=O) groups is 4. The molecule has 3 amide bonds. The van der Waals surface area contributed by atoms with E-state index in [2.05, 4.69) is 53.2 Å². The maximum absolute atomic E-state index is 15.2. The van der Waals surface area contributed by atoms with Gasteiger partial charge >= 0.3 is 5.97 Å². The van der Waals surface area contributed by atoms with Crippen LogP contribution in [0.5, 0.6) is 0 Å². The van der Waals surface area contributed by atoms with E-state index >= 15 is 4.79 Å². The molecule has 54 heavy (non-hydrogen) atoms. The van der Waals surface area contributed by atoms with Crippen molar-refractivity contribution in [1.82, 2.24) is 10.2 Å². The van der Waals surface area contributed by atoms with Crippen LogP contribution in [-0.4, -0.2) is 95.2 Å². The first kappa shape index (κ1) is 41.2. The summed E-state index contributed by atoms with van der Waals surface area (Å²) in [6, 6.07) is 14.5. The molecule has 292 valence electrons. The monoisotopic (exact) mass is 806 g/mol. The van der Waals surface area contributed by atoms with Crippen molar-refractivity contribution in [1.29, 1.82) is 0 Å². The van der Waals surface area contributed by atoms with E-state index in [0.29, 0.717) is 24.9 Å². The molecule has 3 heterocycles. The Hall–Kier alpha value is -4.00. The summed E-state index contributed by atoms with van der Waals surface area (Å²) >= 11 is 3.77. The number of carbonyl (C=O) groups excluding carboxylic acids is 4. The molecule has 1 unspecified atom stereocenters. The third kappa shape index (κ3) is 8.16. The minimum absolute atomic E-state index is 0.0987. The number of rotatable bonds is 19. The van der Waals surface area contributed by atoms with E-state index < -0.39 is 59.5 Å². The molecule has 5 rings (SSSR count). The summed E-state index contributed by atoms with van der Waals surface area (Å²) in [7, 11) is 0. The lowest BCUT2D eigenvalue weighted by Gasteiger charge is -2.40. The predicted octanol–water partition coefficient (Wildman–Crippen LogP) is 5.57. The number of likely N-dealkylation sites (tertiary alicyclic amines) is 1. The van der Waals surface area contributed by atoms with Crippen molar-refractivity contribution in [2.75, 3.05) is 42.6 Å². The highest BCUT2D eigenvalue weighted by molar-refractivity contribution is 9.09. The van der Waals surface area contributed by atoms with Crippen LogP contribution >= 0.6 is 15.9 Å². The number of allylic oxidation sites excluding steroid dienone is 1. The molecule has 11 nitrogen and oxygen atoms in total. The summed E-state index contributed by atoms with van der Waals surface area (Å²) in [5, 5.41) is 13.9. The van der Waals surface area contributed by atoms with E-state index in [-0.39, 0.29) is 42.8 Å². The molecule has 3 aliphatic heterocycles. The minimum Gasteiger partial charge on any atom is -0.463 e. The number of amides is 3. The number of ether oxygens (including phenoxy) is 2. The number of fused-ring (bicyclic) bond motifs is 1. The lowest BCUT2D eigenvalue weighted by molar-refractivity contribution is -0.146. The second-order valence-electron chi connectivity index (χ2n) is 14.8. The Morgan fingerprint density at radius 2 is 1.74 bits per heavy atom. The SMILES string of the molecule is C=CCCC(=O)OC[C@H](NC(=O)[C@H]1[C@@H]2O[C@@]3(CC2Br)[C@@H]1C(=O)N([C@@H](CO)CC(C)C)[C@@H]3C(=O)N(CC=C)c1ccc(N(CC)CC)cc1)c1ccccc1. The standard InChI is InChI=1S/C42H55BrN4O7/c1-7-11-17-34(49)53-26-33(28-15-13-12-14-16-28)44-39(50)35-36-40(51)47(31(25-48)23-27(5)6)38(42(36)24-32(43)37(35)54-42)41(52)46(22-8-2)30-20-18-29(19-21-30)45(9-3)10-4/h7-8,12-16,18-21,27,31-33,35-38,48H,1-2,9-11,17,22-26H2,3-6H3,(H,44,50)/t31-,32?,33+,35-,36+,37-,38-,42+/m1/s1. The molecular weight excluding hydrogens is 752 g/mol. The molecule has 0 radical (unpaired) electrons. The fourth-order valence-corrected chi connectivity index (χ4v) is 9.48. The molecule has 8 atom stereocenters. The van der Waals surface area contributed by atoms with Crippen molar-refractivity contribution in [2.24, 2.45) is 17.8 Å². The Morgan fingerprint density at radius 3 is 2.33 bits per heavy atom. The van der Waals surface area contributed by atoms with Gasteiger partial charge in [-0.05, 0) is 68.9 Å². The van der Waals surface area contributed by atoms with Crippen LogP contribution in [-0.2, 0) is 28.7 Å². The van der Waals surface area contributed by atoms with Gasteiger partial charge in [0, 0.05) is 42.3 Å². The summed E-state index contributed by atoms with van der Waals surface area (Å²) in [5.74, 6) is -3.46. The molecule has 2 aromatic rings. The van der Waals surface area contributed by atoms with Gasteiger partial charge in [0.25, 0.3) is 5.91 Å². The quantitative estimate of drug-likeness (QED) is 0.107. The van der Waals surface area contributed by atoms with E-state index in [1.54, 1.807) is 17.1 Å². The molecule has 12 heteroatoms. The Labute approximate surface area is 327 Å².